The van der Waals surface area contributed by atoms with E-state index in [2.05, 4.69) is 0 Å². The molecule has 0 aliphatic carbocycles. The minimum atomic E-state index is -0.829. The van der Waals surface area contributed by atoms with Crippen molar-refractivity contribution in [3.05, 3.63) is 51.5 Å². The van der Waals surface area contributed by atoms with Crippen LogP contribution in [0.1, 0.15) is 34.6 Å². The van der Waals surface area contributed by atoms with E-state index in [0.717, 1.165) is 12.2 Å². The number of carbonyl (C=O) groups is 1. The van der Waals surface area contributed by atoms with E-state index in [1.165, 1.54) is 13.0 Å². The topological polar surface area (TPSA) is 80.6 Å². The third-order valence-electron chi connectivity index (χ3n) is 2.73. The van der Waals surface area contributed by atoms with Crippen LogP contribution >= 0.6 is 0 Å². The lowest BCUT2D eigenvalue weighted by atomic mass is 10.1. The first-order chi connectivity index (χ1) is 9.01. The summed E-state index contributed by atoms with van der Waals surface area (Å²) < 4.78 is 10.2. The Labute approximate surface area is 109 Å². The largest absolute Gasteiger partial charge is 0.507 e. The Balaban J connectivity index is 2.28. The van der Waals surface area contributed by atoms with E-state index < -0.39 is 11.4 Å². The summed E-state index contributed by atoms with van der Waals surface area (Å²) in [5.41, 5.74) is -1.16. The average Bonchev–Trinajstić information content (AvgIpc) is 2.75. The zero-order chi connectivity index (χ0) is 14.0. The highest BCUT2D eigenvalue weighted by molar-refractivity contribution is 5.99. The van der Waals surface area contributed by atoms with Crippen molar-refractivity contribution in [2.75, 3.05) is 0 Å². The van der Waals surface area contributed by atoms with Crippen LogP contribution in [0.3, 0.4) is 0 Å². The van der Waals surface area contributed by atoms with Crippen molar-refractivity contribution in [2.45, 2.75) is 26.7 Å². The summed E-state index contributed by atoms with van der Waals surface area (Å²) in [7, 11) is 0. The second kappa shape index (κ2) is 5.14. The van der Waals surface area contributed by atoms with Crippen LogP contribution in [0.2, 0.25) is 0 Å². The third-order valence-corrected chi connectivity index (χ3v) is 2.73. The van der Waals surface area contributed by atoms with Crippen molar-refractivity contribution < 1.29 is 18.7 Å². The molecule has 0 bridgehead atoms. The van der Waals surface area contributed by atoms with Gasteiger partial charge in [0.15, 0.2) is 5.78 Å². The standard InChI is InChI=1S/C14H14O5/c1-3-9-4-5-10(19-9)7-12(16)13-11(15)6-8(2)18-14(13)17/h4-6,15H,3,7H2,1-2H3. The summed E-state index contributed by atoms with van der Waals surface area (Å²) in [6.07, 6.45) is 0.646. The first-order valence-electron chi connectivity index (χ1n) is 5.95. The molecule has 0 spiro atoms. The van der Waals surface area contributed by atoms with Gasteiger partial charge in [-0.05, 0) is 19.1 Å². The summed E-state index contributed by atoms with van der Waals surface area (Å²) in [5.74, 6) is 0.596. The van der Waals surface area contributed by atoms with E-state index in [9.17, 15) is 14.7 Å². The van der Waals surface area contributed by atoms with Crippen LogP contribution in [0.5, 0.6) is 5.75 Å². The highest BCUT2D eigenvalue weighted by atomic mass is 16.4. The van der Waals surface area contributed by atoms with Gasteiger partial charge in [0.25, 0.3) is 0 Å². The predicted octanol–water partition coefficient (Wildman–Crippen LogP) is 2.23. The van der Waals surface area contributed by atoms with Crippen molar-refractivity contribution in [2.24, 2.45) is 0 Å². The molecule has 0 fully saturated rings. The number of aromatic hydroxyl groups is 1. The van der Waals surface area contributed by atoms with E-state index in [1.807, 2.05) is 6.92 Å². The molecule has 19 heavy (non-hydrogen) atoms. The second-order valence-electron chi connectivity index (χ2n) is 4.23. The lowest BCUT2D eigenvalue weighted by Gasteiger charge is -2.01. The molecule has 0 radical (unpaired) electrons. The smallest absolute Gasteiger partial charge is 0.350 e. The summed E-state index contributed by atoms with van der Waals surface area (Å²) in [6.45, 7) is 3.46. The fraction of sp³-hybridized carbons (Fsp3) is 0.286. The molecule has 2 rings (SSSR count). The summed E-state index contributed by atoms with van der Waals surface area (Å²) in [6, 6.07) is 4.71. The number of hydrogen-bond acceptors (Lipinski definition) is 5. The van der Waals surface area contributed by atoms with Gasteiger partial charge in [-0.15, -0.1) is 0 Å². The Morgan fingerprint density at radius 1 is 1.26 bits per heavy atom. The Morgan fingerprint density at radius 3 is 2.53 bits per heavy atom. The van der Waals surface area contributed by atoms with Crippen LogP contribution in [0, 0.1) is 6.92 Å². The zero-order valence-corrected chi connectivity index (χ0v) is 10.7. The molecule has 5 nitrogen and oxygen atoms in total. The molecule has 0 saturated heterocycles. The molecule has 0 amide bonds. The molecule has 1 N–H and O–H groups in total. The van der Waals surface area contributed by atoms with Gasteiger partial charge >= 0.3 is 5.63 Å². The van der Waals surface area contributed by atoms with E-state index in [-0.39, 0.29) is 23.5 Å². The molecular formula is C14H14O5. The molecule has 0 aliphatic rings. The van der Waals surface area contributed by atoms with Crippen LogP contribution < -0.4 is 5.63 Å². The van der Waals surface area contributed by atoms with E-state index in [1.54, 1.807) is 12.1 Å². The van der Waals surface area contributed by atoms with Crippen LogP contribution in [-0.4, -0.2) is 10.9 Å². The van der Waals surface area contributed by atoms with Gasteiger partial charge in [-0.3, -0.25) is 4.79 Å². The van der Waals surface area contributed by atoms with Gasteiger partial charge in [-0.2, -0.15) is 0 Å². The van der Waals surface area contributed by atoms with E-state index >= 15 is 0 Å². The third kappa shape index (κ3) is 2.76. The molecule has 2 heterocycles. The molecule has 5 heteroatoms. The van der Waals surface area contributed by atoms with Crippen molar-refractivity contribution in [3.63, 3.8) is 0 Å². The quantitative estimate of drug-likeness (QED) is 0.854. The first kappa shape index (κ1) is 13.1. The molecule has 2 aromatic rings. The van der Waals surface area contributed by atoms with Crippen molar-refractivity contribution in [1.29, 1.82) is 0 Å². The minimum Gasteiger partial charge on any atom is -0.507 e. The highest BCUT2D eigenvalue weighted by Crippen LogP contribution is 2.18. The van der Waals surface area contributed by atoms with E-state index in [4.69, 9.17) is 8.83 Å². The fourth-order valence-electron chi connectivity index (χ4n) is 1.81. The Bertz CT molecular complexity index is 663. The van der Waals surface area contributed by atoms with Crippen molar-refractivity contribution in [3.8, 4) is 5.75 Å². The SMILES string of the molecule is CCc1ccc(CC(=O)c2c(O)cc(C)oc2=O)o1. The Hall–Kier alpha value is -2.30. The van der Waals surface area contributed by atoms with Crippen LogP contribution in [-0.2, 0) is 12.8 Å². The first-order valence-corrected chi connectivity index (χ1v) is 5.95. The maximum atomic E-state index is 12.0. The number of aryl methyl sites for hydroxylation is 2. The van der Waals surface area contributed by atoms with Gasteiger partial charge in [0.2, 0.25) is 0 Å². The number of rotatable bonds is 4. The van der Waals surface area contributed by atoms with Gasteiger partial charge in [0.1, 0.15) is 28.6 Å². The number of carbonyl (C=O) groups excluding carboxylic acids is 1. The maximum absolute atomic E-state index is 12.0. The zero-order valence-electron chi connectivity index (χ0n) is 10.7. The lowest BCUT2D eigenvalue weighted by molar-refractivity contribution is 0.0979. The van der Waals surface area contributed by atoms with Crippen molar-refractivity contribution in [1.82, 2.24) is 0 Å². The van der Waals surface area contributed by atoms with Crippen LogP contribution in [0.4, 0.5) is 0 Å². The molecule has 0 saturated carbocycles. The van der Waals surface area contributed by atoms with Gasteiger partial charge in [0.05, 0.1) is 6.42 Å². The molecule has 0 atom stereocenters. The number of furan rings is 1. The lowest BCUT2D eigenvalue weighted by Crippen LogP contribution is -2.16. The van der Waals surface area contributed by atoms with Gasteiger partial charge in [0, 0.05) is 12.5 Å². The predicted molar refractivity (Wildman–Crippen MR) is 67.5 cm³/mol. The summed E-state index contributed by atoms with van der Waals surface area (Å²) >= 11 is 0. The minimum absolute atomic E-state index is 0.0820. The van der Waals surface area contributed by atoms with Crippen LogP contribution in [0.15, 0.2) is 31.8 Å². The molecule has 0 aromatic carbocycles. The monoisotopic (exact) mass is 262 g/mol. The Morgan fingerprint density at radius 2 is 1.95 bits per heavy atom. The van der Waals surface area contributed by atoms with Gasteiger partial charge in [-0.1, -0.05) is 6.92 Å². The summed E-state index contributed by atoms with van der Waals surface area (Å²) in [5, 5.41) is 9.66. The number of Topliss-reactive ketones (excluding diaryl/α,β-unsaturated/α-hetero) is 1. The Kier molecular flexibility index (Phi) is 3.55. The van der Waals surface area contributed by atoms with Crippen molar-refractivity contribution >= 4 is 5.78 Å². The molecule has 2 aromatic heterocycles. The maximum Gasteiger partial charge on any atom is 0.350 e. The van der Waals surface area contributed by atoms with Gasteiger partial charge < -0.3 is 13.9 Å². The van der Waals surface area contributed by atoms with E-state index in [0.29, 0.717) is 5.76 Å². The highest BCUT2D eigenvalue weighted by Gasteiger charge is 2.19. The fourth-order valence-corrected chi connectivity index (χ4v) is 1.81. The second-order valence-corrected chi connectivity index (χ2v) is 4.23. The molecule has 100 valence electrons. The average molecular weight is 262 g/mol. The molecular weight excluding hydrogens is 248 g/mol. The normalized spacial score (nSPS) is 10.6. The number of hydrogen-bond donors (Lipinski definition) is 1. The number of ketones is 1. The molecule has 0 unspecified atom stereocenters. The van der Waals surface area contributed by atoms with Gasteiger partial charge in [-0.25, -0.2) is 4.79 Å². The summed E-state index contributed by atoms with van der Waals surface area (Å²) in [4.78, 5) is 23.6. The van der Waals surface area contributed by atoms with Crippen LogP contribution in [0.25, 0.3) is 0 Å². The molecule has 0 aliphatic heterocycles.